The molecule has 0 saturated heterocycles. The molecule has 0 heterocycles. The van der Waals surface area contributed by atoms with Gasteiger partial charge in [-0.2, -0.15) is 0 Å². The Kier molecular flexibility index (Phi) is 30.8. The van der Waals surface area contributed by atoms with E-state index < -0.39 is 35.9 Å². The van der Waals surface area contributed by atoms with Crippen molar-refractivity contribution in [2.24, 2.45) is 5.73 Å². The monoisotopic (exact) mass is 792 g/mol. The third-order valence-electron chi connectivity index (χ3n) is 8.28. The molecule has 0 aliphatic rings. The Morgan fingerprint density at radius 1 is 0.577 bits per heavy atom. The topological polar surface area (TPSA) is 200 Å². The van der Waals surface area contributed by atoms with Crippen LogP contribution in [0.3, 0.4) is 0 Å². The molecular weight excluding hydrogens is 715 g/mol. The fourth-order valence-corrected chi connectivity index (χ4v) is 8.73. The second kappa shape index (κ2) is 30.9. The molecular formula is C33H77N5O12Si2. The molecule has 17 nitrogen and oxygen atoms in total. The van der Waals surface area contributed by atoms with Crippen molar-refractivity contribution in [1.29, 1.82) is 0 Å². The lowest BCUT2D eigenvalue weighted by atomic mass is 10.2. The van der Waals surface area contributed by atoms with Gasteiger partial charge in [0.15, 0.2) is 0 Å². The first kappa shape index (κ1) is 51.8. The van der Waals surface area contributed by atoms with E-state index in [1.807, 2.05) is 25.7 Å². The molecule has 0 saturated carbocycles. The Labute approximate surface area is 316 Å². The van der Waals surface area contributed by atoms with Crippen molar-refractivity contribution >= 4 is 17.6 Å². The molecule has 0 rings (SSSR count). The first-order chi connectivity index (χ1) is 24.8. The quantitative estimate of drug-likeness (QED) is 0.0337. The maximum atomic E-state index is 10.8. The van der Waals surface area contributed by atoms with Gasteiger partial charge in [-0.25, -0.2) is 0 Å². The van der Waals surface area contributed by atoms with Crippen LogP contribution in [0.2, 0.25) is 12.1 Å². The molecule has 0 radical (unpaired) electrons. The third kappa shape index (κ3) is 25.8. The van der Waals surface area contributed by atoms with Crippen molar-refractivity contribution in [2.75, 3.05) is 148 Å². The lowest BCUT2D eigenvalue weighted by Crippen LogP contribution is -2.46. The molecule has 0 bridgehead atoms. The Balaban J connectivity index is 4.93. The minimum atomic E-state index is -2.66. The van der Waals surface area contributed by atoms with Crippen LogP contribution in [0.4, 0.5) is 0 Å². The molecule has 3 atom stereocenters. The van der Waals surface area contributed by atoms with Crippen molar-refractivity contribution < 1.29 is 56.1 Å². The molecule has 7 N–H and O–H groups in total. The summed E-state index contributed by atoms with van der Waals surface area (Å²) >= 11 is 0. The zero-order valence-corrected chi connectivity index (χ0v) is 35.9. The Morgan fingerprint density at radius 3 is 1.33 bits per heavy atom. The number of ether oxygens (including phenoxy) is 3. The van der Waals surface area contributed by atoms with Gasteiger partial charge in [-0.1, -0.05) is 0 Å². The first-order valence-electron chi connectivity index (χ1n) is 18.5. The van der Waals surface area contributed by atoms with E-state index in [-0.39, 0.29) is 25.4 Å². The van der Waals surface area contributed by atoms with Crippen LogP contribution in [0.25, 0.3) is 0 Å². The summed E-state index contributed by atoms with van der Waals surface area (Å²) in [6.45, 7) is 13.9. The average Bonchev–Trinajstić information content (AvgIpc) is 3.12. The van der Waals surface area contributed by atoms with Gasteiger partial charge < -0.3 is 72.5 Å². The van der Waals surface area contributed by atoms with Crippen LogP contribution in [0, 0.1) is 0 Å². The Bertz CT molecular complexity index is 803. The summed E-state index contributed by atoms with van der Waals surface area (Å²) in [5.74, 6) is 0. The molecule has 3 unspecified atom stereocenters. The van der Waals surface area contributed by atoms with E-state index in [1.54, 1.807) is 42.7 Å². The number of aliphatic hydroxyl groups excluding tert-OH is 3. The predicted molar refractivity (Wildman–Crippen MR) is 205 cm³/mol. The van der Waals surface area contributed by atoms with E-state index in [0.29, 0.717) is 90.5 Å². The van der Waals surface area contributed by atoms with Crippen LogP contribution in [0.1, 0.15) is 33.6 Å². The molecule has 0 aromatic heterocycles. The van der Waals surface area contributed by atoms with Gasteiger partial charge in [-0.15, -0.1) is 0 Å². The van der Waals surface area contributed by atoms with Crippen LogP contribution < -0.4 is 16.4 Å². The molecule has 19 heteroatoms. The number of hydrogen-bond acceptors (Lipinski definition) is 17. The molecule has 0 aromatic carbocycles. The third-order valence-corrected chi connectivity index (χ3v) is 13.9. The minimum absolute atomic E-state index is 0.162. The van der Waals surface area contributed by atoms with E-state index in [2.05, 4.69) is 15.5 Å². The number of rotatable bonds is 37. The van der Waals surface area contributed by atoms with Crippen molar-refractivity contribution in [2.45, 2.75) is 69.6 Å². The summed E-state index contributed by atoms with van der Waals surface area (Å²) in [6, 6.07) is 1.24. The van der Waals surface area contributed by atoms with Crippen molar-refractivity contribution in [1.82, 2.24) is 20.4 Å². The van der Waals surface area contributed by atoms with Crippen LogP contribution in [-0.2, 0) is 40.8 Å². The van der Waals surface area contributed by atoms with E-state index in [9.17, 15) is 15.3 Å². The largest absolute Gasteiger partial charge is 0.500 e. The molecule has 0 fully saturated rings. The van der Waals surface area contributed by atoms with E-state index in [0.717, 1.165) is 19.6 Å². The standard InChI is InChI=1S/C33H77N5O12Si2/c1-33(2,3)50-29-32(41)26-38(25-31(40)28-49-21-11-23-52(45-7,46-8)47-9)19-16-36-15-18-37(17-14-35-13-12-34)24-30(39)27-48-20-10-22-51(42-4,43-5)44-6/h30-32,35-36,39-41H,10-29,34H2,1-9H3. The Morgan fingerprint density at radius 2 is 0.942 bits per heavy atom. The van der Waals surface area contributed by atoms with Gasteiger partial charge >= 0.3 is 17.6 Å². The maximum absolute atomic E-state index is 10.8. The molecule has 52 heavy (non-hydrogen) atoms. The van der Waals surface area contributed by atoms with Crippen LogP contribution in [0.5, 0.6) is 0 Å². The number of hydrogen-bond donors (Lipinski definition) is 6. The summed E-state index contributed by atoms with van der Waals surface area (Å²) in [7, 11) is 4.21. The lowest BCUT2D eigenvalue weighted by Gasteiger charge is -2.29. The zero-order valence-electron chi connectivity index (χ0n) is 33.9. The number of nitrogens with zero attached hydrogens (tertiary/aromatic N) is 2. The van der Waals surface area contributed by atoms with E-state index in [1.165, 1.54) is 0 Å². The molecule has 314 valence electrons. The summed E-state index contributed by atoms with van der Waals surface area (Å²) in [5, 5.41) is 39.1. The lowest BCUT2D eigenvalue weighted by molar-refractivity contribution is -0.0601. The highest BCUT2D eigenvalue weighted by Gasteiger charge is 2.37. The second-order valence-corrected chi connectivity index (χ2v) is 19.9. The Hall–Kier alpha value is -0.246. The highest BCUT2D eigenvalue weighted by Crippen LogP contribution is 2.16. The summed E-state index contributed by atoms with van der Waals surface area (Å²) < 4.78 is 50.0. The van der Waals surface area contributed by atoms with Gasteiger partial charge in [0.25, 0.3) is 0 Å². The SMILES string of the molecule is CO[Si](CCCOCC(O)CN(CCNCCN)CCNCCN(CC(O)COCCC[Si](OC)(OC)OC)CC(O)COC(C)(C)C)(OC)OC. The van der Waals surface area contributed by atoms with Crippen LogP contribution >= 0.6 is 0 Å². The van der Waals surface area contributed by atoms with Crippen LogP contribution in [-0.4, -0.2) is 214 Å². The smallest absolute Gasteiger partial charge is 0.389 e. The van der Waals surface area contributed by atoms with Gasteiger partial charge in [0.1, 0.15) is 0 Å². The van der Waals surface area contributed by atoms with Gasteiger partial charge in [0.05, 0.1) is 43.7 Å². The van der Waals surface area contributed by atoms with Gasteiger partial charge in [0, 0.05) is 140 Å². The number of nitrogens with two attached hydrogens (primary N) is 1. The number of aliphatic hydroxyl groups is 3. The van der Waals surface area contributed by atoms with E-state index >= 15 is 0 Å². The maximum Gasteiger partial charge on any atom is 0.500 e. The second-order valence-electron chi connectivity index (χ2n) is 13.7. The normalized spacial score (nSPS) is 14.8. The van der Waals surface area contributed by atoms with Crippen LogP contribution in [0.15, 0.2) is 0 Å². The molecule has 0 aliphatic carbocycles. The van der Waals surface area contributed by atoms with Crippen molar-refractivity contribution in [3.8, 4) is 0 Å². The number of nitrogens with one attached hydrogen (secondary N) is 2. The first-order valence-corrected chi connectivity index (χ1v) is 22.3. The molecule has 0 aliphatic heterocycles. The summed E-state index contributed by atoms with van der Waals surface area (Å²) in [5.41, 5.74) is 5.27. The van der Waals surface area contributed by atoms with Gasteiger partial charge in [-0.05, 0) is 33.6 Å². The highest BCUT2D eigenvalue weighted by molar-refractivity contribution is 6.60. The molecule has 0 amide bonds. The van der Waals surface area contributed by atoms with E-state index in [4.69, 9.17) is 46.5 Å². The van der Waals surface area contributed by atoms with Gasteiger partial charge in [0.2, 0.25) is 0 Å². The predicted octanol–water partition coefficient (Wildman–Crippen LogP) is -0.804. The molecule has 0 aromatic rings. The van der Waals surface area contributed by atoms with Gasteiger partial charge in [-0.3, -0.25) is 9.80 Å². The fourth-order valence-electron chi connectivity index (χ4n) is 5.35. The fraction of sp³-hybridized carbons (Fsp3) is 1.00. The summed E-state index contributed by atoms with van der Waals surface area (Å²) in [4.78, 5) is 4.21. The minimum Gasteiger partial charge on any atom is -0.389 e. The average molecular weight is 792 g/mol. The zero-order chi connectivity index (χ0) is 39.3. The highest BCUT2D eigenvalue weighted by atomic mass is 28.4. The van der Waals surface area contributed by atoms with Crippen molar-refractivity contribution in [3.63, 3.8) is 0 Å². The summed E-state index contributed by atoms with van der Waals surface area (Å²) in [6.07, 6.45) is -0.727. The molecule has 0 spiro atoms. The van der Waals surface area contributed by atoms with Crippen molar-refractivity contribution in [3.05, 3.63) is 0 Å².